The van der Waals surface area contributed by atoms with Gasteiger partial charge >= 0.3 is 5.97 Å². The second kappa shape index (κ2) is 9.04. The summed E-state index contributed by atoms with van der Waals surface area (Å²) in [6, 6.07) is 12.2. The van der Waals surface area contributed by atoms with E-state index in [-0.39, 0.29) is 24.4 Å². The Balaban J connectivity index is 2.17. The molecule has 2 aromatic rings. The van der Waals surface area contributed by atoms with Gasteiger partial charge in [-0.2, -0.15) is 4.31 Å². The molecule has 0 spiro atoms. The molecule has 0 atom stereocenters. The first-order valence-corrected chi connectivity index (χ1v) is 12.1. The van der Waals surface area contributed by atoms with Crippen molar-refractivity contribution in [3.8, 4) is 0 Å². The van der Waals surface area contributed by atoms with E-state index < -0.39 is 31.6 Å². The molecular formula is C18H20ClNO6S2. The standard InChI is InChI=1S/C18H20ClNO6S2/c1-27(23,24)20(13-15-4-2-3-14(11-15)12-18(21)22)9-10-28(25,26)17-7-5-16(19)6-8-17/h2-8,11H,9-10,12-13H2,1H3,(H,21,22). The lowest BCUT2D eigenvalue weighted by molar-refractivity contribution is -0.136. The molecule has 28 heavy (non-hydrogen) atoms. The molecule has 0 amide bonds. The highest BCUT2D eigenvalue weighted by Gasteiger charge is 2.22. The van der Waals surface area contributed by atoms with Crippen molar-refractivity contribution in [3.63, 3.8) is 0 Å². The van der Waals surface area contributed by atoms with E-state index in [4.69, 9.17) is 16.7 Å². The quantitative estimate of drug-likeness (QED) is 0.633. The number of carboxylic acids is 1. The number of halogens is 1. The molecule has 0 fully saturated rings. The maximum atomic E-state index is 12.5. The number of nitrogens with zero attached hydrogens (tertiary/aromatic N) is 1. The molecule has 0 bridgehead atoms. The zero-order chi connectivity index (χ0) is 20.9. The SMILES string of the molecule is CS(=O)(=O)N(CCS(=O)(=O)c1ccc(Cl)cc1)Cc1cccc(CC(=O)O)c1. The van der Waals surface area contributed by atoms with E-state index in [1.54, 1.807) is 24.3 Å². The van der Waals surface area contributed by atoms with E-state index in [0.717, 1.165) is 10.6 Å². The second-order valence-corrected chi connectivity index (χ2v) is 10.8. The van der Waals surface area contributed by atoms with Crippen LogP contribution in [0.5, 0.6) is 0 Å². The third-order valence-electron chi connectivity index (χ3n) is 3.96. The fourth-order valence-corrected chi connectivity index (χ4v) is 4.86. The van der Waals surface area contributed by atoms with Crippen molar-refractivity contribution in [2.24, 2.45) is 0 Å². The van der Waals surface area contributed by atoms with Crippen LogP contribution < -0.4 is 0 Å². The van der Waals surface area contributed by atoms with Crippen molar-refractivity contribution in [3.05, 3.63) is 64.7 Å². The molecule has 0 aromatic heterocycles. The molecule has 0 aliphatic heterocycles. The maximum Gasteiger partial charge on any atom is 0.307 e. The largest absolute Gasteiger partial charge is 0.481 e. The van der Waals surface area contributed by atoms with E-state index in [1.165, 1.54) is 24.3 Å². The first kappa shape index (κ1) is 22.4. The van der Waals surface area contributed by atoms with Crippen molar-refractivity contribution >= 4 is 37.4 Å². The second-order valence-electron chi connectivity index (χ2n) is 6.26. The summed E-state index contributed by atoms with van der Waals surface area (Å²) in [6.07, 6.45) is 0.820. The Morgan fingerprint density at radius 1 is 1.04 bits per heavy atom. The molecule has 1 N–H and O–H groups in total. The number of aliphatic carboxylic acids is 1. The number of hydrogen-bond donors (Lipinski definition) is 1. The minimum Gasteiger partial charge on any atom is -0.481 e. The van der Waals surface area contributed by atoms with Gasteiger partial charge in [-0.25, -0.2) is 16.8 Å². The Hall–Kier alpha value is -1.94. The van der Waals surface area contributed by atoms with Crippen molar-refractivity contribution in [1.29, 1.82) is 0 Å². The lowest BCUT2D eigenvalue weighted by Crippen LogP contribution is -2.34. The van der Waals surface area contributed by atoms with E-state index >= 15 is 0 Å². The summed E-state index contributed by atoms with van der Waals surface area (Å²) in [5.74, 6) is -1.39. The summed E-state index contributed by atoms with van der Waals surface area (Å²) < 4.78 is 50.2. The molecule has 152 valence electrons. The van der Waals surface area contributed by atoms with Crippen LogP contribution >= 0.6 is 11.6 Å². The van der Waals surface area contributed by atoms with Gasteiger partial charge in [0.05, 0.1) is 23.3 Å². The third kappa shape index (κ3) is 6.59. The molecule has 0 saturated carbocycles. The molecular weight excluding hydrogens is 426 g/mol. The highest BCUT2D eigenvalue weighted by molar-refractivity contribution is 7.91. The minimum atomic E-state index is -3.69. The summed E-state index contributed by atoms with van der Waals surface area (Å²) in [5.41, 5.74) is 1.11. The van der Waals surface area contributed by atoms with Gasteiger partial charge in [-0.05, 0) is 35.4 Å². The third-order valence-corrected chi connectivity index (χ3v) is 7.17. The number of sulfone groups is 1. The Kier molecular flexibility index (Phi) is 7.22. The van der Waals surface area contributed by atoms with E-state index in [1.807, 2.05) is 0 Å². The number of hydrogen-bond acceptors (Lipinski definition) is 5. The van der Waals surface area contributed by atoms with Crippen LogP contribution in [0.25, 0.3) is 0 Å². The molecule has 0 aliphatic carbocycles. The summed E-state index contributed by atoms with van der Waals surface area (Å²) in [7, 11) is -7.37. The van der Waals surface area contributed by atoms with Gasteiger partial charge in [-0.1, -0.05) is 35.9 Å². The predicted octanol–water partition coefficient (Wildman–Crippen LogP) is 2.20. The lowest BCUT2D eigenvalue weighted by Gasteiger charge is -2.20. The number of rotatable bonds is 9. The summed E-state index contributed by atoms with van der Waals surface area (Å²) in [6.45, 7) is -0.282. The topological polar surface area (TPSA) is 109 Å². The molecule has 0 heterocycles. The van der Waals surface area contributed by atoms with Gasteiger partial charge in [-0.3, -0.25) is 4.79 Å². The van der Waals surface area contributed by atoms with Crippen LogP contribution in [0.3, 0.4) is 0 Å². The predicted molar refractivity (Wildman–Crippen MR) is 107 cm³/mol. The van der Waals surface area contributed by atoms with Gasteiger partial charge in [0.15, 0.2) is 9.84 Å². The smallest absolute Gasteiger partial charge is 0.307 e. The van der Waals surface area contributed by atoms with E-state index in [0.29, 0.717) is 16.1 Å². The van der Waals surface area contributed by atoms with Gasteiger partial charge in [0, 0.05) is 18.1 Å². The fraction of sp³-hybridized carbons (Fsp3) is 0.278. The van der Waals surface area contributed by atoms with Crippen LogP contribution in [-0.2, 0) is 37.6 Å². The summed E-state index contributed by atoms with van der Waals surface area (Å²) in [5, 5.41) is 9.29. The molecule has 0 radical (unpaired) electrons. The molecule has 7 nitrogen and oxygen atoms in total. The van der Waals surface area contributed by atoms with Crippen molar-refractivity contribution in [2.75, 3.05) is 18.6 Å². The molecule has 0 unspecified atom stereocenters. The molecule has 2 rings (SSSR count). The van der Waals surface area contributed by atoms with Crippen molar-refractivity contribution < 1.29 is 26.7 Å². The van der Waals surface area contributed by atoms with Gasteiger partial charge in [-0.15, -0.1) is 0 Å². The summed E-state index contributed by atoms with van der Waals surface area (Å²) >= 11 is 5.76. The molecule has 0 saturated heterocycles. The first-order valence-electron chi connectivity index (χ1n) is 8.20. The van der Waals surface area contributed by atoms with Gasteiger partial charge in [0.2, 0.25) is 10.0 Å². The summed E-state index contributed by atoms with van der Waals surface area (Å²) in [4.78, 5) is 10.9. The maximum absolute atomic E-state index is 12.5. The van der Waals surface area contributed by atoms with Crippen LogP contribution in [0.1, 0.15) is 11.1 Å². The van der Waals surface area contributed by atoms with Crippen LogP contribution in [0, 0.1) is 0 Å². The van der Waals surface area contributed by atoms with Crippen molar-refractivity contribution in [1.82, 2.24) is 4.31 Å². The normalized spacial score (nSPS) is 12.2. The highest BCUT2D eigenvalue weighted by atomic mass is 35.5. The zero-order valence-corrected chi connectivity index (χ0v) is 17.5. The van der Waals surface area contributed by atoms with E-state index in [2.05, 4.69) is 0 Å². The monoisotopic (exact) mass is 445 g/mol. The molecule has 0 aliphatic rings. The first-order chi connectivity index (χ1) is 13.0. The molecule has 10 heteroatoms. The molecule has 2 aromatic carbocycles. The zero-order valence-electron chi connectivity index (χ0n) is 15.1. The van der Waals surface area contributed by atoms with Crippen LogP contribution in [0.2, 0.25) is 5.02 Å². The fourth-order valence-electron chi connectivity index (χ4n) is 2.56. The van der Waals surface area contributed by atoms with Crippen LogP contribution in [0.15, 0.2) is 53.4 Å². The van der Waals surface area contributed by atoms with Crippen molar-refractivity contribution in [2.45, 2.75) is 17.9 Å². The Bertz CT molecular complexity index is 1050. The van der Waals surface area contributed by atoms with E-state index in [9.17, 15) is 21.6 Å². The number of benzene rings is 2. The van der Waals surface area contributed by atoms with Crippen LogP contribution in [0.4, 0.5) is 0 Å². The average Bonchev–Trinajstić information content (AvgIpc) is 2.57. The Morgan fingerprint density at radius 2 is 1.64 bits per heavy atom. The number of sulfonamides is 1. The Morgan fingerprint density at radius 3 is 2.21 bits per heavy atom. The minimum absolute atomic E-state index is 0.0531. The number of carboxylic acid groups (broad SMARTS) is 1. The van der Waals surface area contributed by atoms with Crippen LogP contribution in [-0.4, -0.2) is 50.8 Å². The Labute approximate surface area is 169 Å². The number of carbonyl (C=O) groups is 1. The van der Waals surface area contributed by atoms with Gasteiger partial charge < -0.3 is 5.11 Å². The highest BCUT2D eigenvalue weighted by Crippen LogP contribution is 2.17. The average molecular weight is 446 g/mol. The van der Waals surface area contributed by atoms with Gasteiger partial charge in [0.1, 0.15) is 0 Å². The lowest BCUT2D eigenvalue weighted by atomic mass is 10.1. The van der Waals surface area contributed by atoms with Gasteiger partial charge in [0.25, 0.3) is 0 Å².